The van der Waals surface area contributed by atoms with Gasteiger partial charge in [-0.1, -0.05) is 31.9 Å². The van der Waals surface area contributed by atoms with E-state index in [2.05, 4.69) is 31.9 Å². The Bertz CT molecular complexity index is 174. The van der Waals surface area contributed by atoms with Gasteiger partial charge in [0.25, 0.3) is 0 Å². The highest BCUT2D eigenvalue weighted by atomic mass is 79.9. The Balaban J connectivity index is 4.37. The van der Waals surface area contributed by atoms with Gasteiger partial charge in [-0.25, -0.2) is 0 Å². The first-order chi connectivity index (χ1) is 6.55. The second kappa shape index (κ2) is 6.90. The summed E-state index contributed by atoms with van der Waals surface area (Å²) in [6.07, 6.45) is -0.0436. The van der Waals surface area contributed by atoms with Crippen molar-refractivity contribution in [3.05, 3.63) is 0 Å². The smallest absolute Gasteiger partial charge is 0.148 e. The molecule has 6 heteroatoms. The van der Waals surface area contributed by atoms with Gasteiger partial charge < -0.3 is 15.3 Å². The molecule has 4 nitrogen and oxygen atoms in total. The Morgan fingerprint density at radius 1 is 1.21 bits per heavy atom. The molecule has 0 rings (SSSR count). The van der Waals surface area contributed by atoms with Gasteiger partial charge in [-0.2, -0.15) is 0 Å². The molecule has 14 heavy (non-hydrogen) atoms. The maximum atomic E-state index is 11.5. The first-order valence-corrected chi connectivity index (χ1v) is 6.14. The summed E-state index contributed by atoms with van der Waals surface area (Å²) >= 11 is 6.27. The van der Waals surface area contributed by atoms with Crippen LogP contribution in [-0.2, 0) is 4.79 Å². The topological polar surface area (TPSA) is 77.8 Å². The molecule has 0 heterocycles. The van der Waals surface area contributed by atoms with Gasteiger partial charge in [-0.05, 0) is 0 Å². The number of carbonyl (C=O) groups excluding carboxylic acids is 1. The highest BCUT2D eigenvalue weighted by Gasteiger charge is 2.32. The molecule has 0 amide bonds. The van der Waals surface area contributed by atoms with E-state index in [9.17, 15) is 4.79 Å². The monoisotopic (exact) mass is 332 g/mol. The van der Waals surface area contributed by atoms with Crippen molar-refractivity contribution in [2.75, 3.05) is 25.2 Å². The number of aliphatic hydroxyl groups excluding tert-OH is 3. The van der Waals surface area contributed by atoms with E-state index < -0.39 is 25.2 Å². The molecule has 3 N–H and O–H groups in total. The average molecular weight is 334 g/mol. The third kappa shape index (κ3) is 3.94. The number of rotatable bonds is 7. The lowest BCUT2D eigenvalue weighted by Crippen LogP contribution is -2.38. The number of alkyl halides is 2. The molecule has 0 bridgehead atoms. The van der Waals surface area contributed by atoms with Crippen molar-refractivity contribution < 1.29 is 20.1 Å². The molecule has 0 aliphatic carbocycles. The molecule has 0 aromatic heterocycles. The van der Waals surface area contributed by atoms with Crippen LogP contribution in [0.3, 0.4) is 0 Å². The van der Waals surface area contributed by atoms with Gasteiger partial charge in [0.05, 0.1) is 24.6 Å². The lowest BCUT2D eigenvalue weighted by atomic mass is 9.85. The highest BCUT2D eigenvalue weighted by molar-refractivity contribution is 9.12. The number of Topliss-reactive ketones (excluding diaryl/α,β-unsaturated/α-hetero) is 1. The normalized spacial score (nSPS) is 14.1. The Morgan fingerprint density at radius 2 is 1.64 bits per heavy atom. The fourth-order valence-corrected chi connectivity index (χ4v) is 1.41. The predicted octanol–water partition coefficient (Wildman–Crippen LogP) is 0.0673. The molecule has 1 atom stereocenters. The molecule has 0 fully saturated rings. The van der Waals surface area contributed by atoms with Gasteiger partial charge in [0.1, 0.15) is 5.78 Å². The van der Waals surface area contributed by atoms with Crippen molar-refractivity contribution in [2.24, 2.45) is 5.41 Å². The SMILES string of the molecule is O=C(CC(CO)(CO)CO)C(Br)CBr. The Labute approximate surface area is 99.6 Å². The summed E-state index contributed by atoms with van der Waals surface area (Å²) in [5.41, 5.74) is -1.11. The Kier molecular flexibility index (Phi) is 7.15. The number of aliphatic hydroxyl groups is 3. The van der Waals surface area contributed by atoms with Crippen LogP contribution in [0.25, 0.3) is 0 Å². The quantitative estimate of drug-likeness (QED) is 0.576. The van der Waals surface area contributed by atoms with Gasteiger partial charge in [0, 0.05) is 17.2 Å². The van der Waals surface area contributed by atoms with Crippen molar-refractivity contribution in [2.45, 2.75) is 11.2 Å². The molecule has 0 aliphatic rings. The second-order valence-corrected chi connectivity index (χ2v) is 4.99. The number of hydrogen-bond donors (Lipinski definition) is 3. The summed E-state index contributed by atoms with van der Waals surface area (Å²) in [5.74, 6) is -0.154. The predicted molar refractivity (Wildman–Crippen MR) is 59.8 cm³/mol. The van der Waals surface area contributed by atoms with Crippen LogP contribution in [0.1, 0.15) is 6.42 Å². The maximum absolute atomic E-state index is 11.5. The number of halogens is 2. The van der Waals surface area contributed by atoms with Crippen molar-refractivity contribution in [3.8, 4) is 0 Å². The summed E-state index contributed by atoms with van der Waals surface area (Å²) in [4.78, 5) is 11.1. The molecule has 0 radical (unpaired) electrons. The van der Waals surface area contributed by atoms with Crippen molar-refractivity contribution in [3.63, 3.8) is 0 Å². The van der Waals surface area contributed by atoms with Gasteiger partial charge in [-0.15, -0.1) is 0 Å². The summed E-state index contributed by atoms with van der Waals surface area (Å²) in [7, 11) is 0. The molecular formula is C8H14Br2O4. The minimum absolute atomic E-state index is 0.0436. The van der Waals surface area contributed by atoms with E-state index in [4.69, 9.17) is 15.3 Å². The first kappa shape index (κ1) is 14.5. The lowest BCUT2D eigenvalue weighted by molar-refractivity contribution is -0.123. The zero-order valence-electron chi connectivity index (χ0n) is 7.62. The van der Waals surface area contributed by atoms with Crippen LogP contribution in [0.4, 0.5) is 0 Å². The van der Waals surface area contributed by atoms with E-state index in [0.29, 0.717) is 5.33 Å². The third-order valence-electron chi connectivity index (χ3n) is 2.04. The van der Waals surface area contributed by atoms with Gasteiger partial charge in [0.15, 0.2) is 0 Å². The minimum atomic E-state index is -1.11. The molecule has 84 valence electrons. The van der Waals surface area contributed by atoms with E-state index in [1.165, 1.54) is 0 Å². The highest BCUT2D eigenvalue weighted by Crippen LogP contribution is 2.23. The zero-order chi connectivity index (χ0) is 11.2. The Hall–Kier alpha value is 0.510. The van der Waals surface area contributed by atoms with Gasteiger partial charge in [-0.3, -0.25) is 4.79 Å². The maximum Gasteiger partial charge on any atom is 0.148 e. The van der Waals surface area contributed by atoms with Crippen molar-refractivity contribution in [1.29, 1.82) is 0 Å². The van der Waals surface area contributed by atoms with E-state index in [1.807, 2.05) is 0 Å². The average Bonchev–Trinajstić information content (AvgIpc) is 2.24. The van der Waals surface area contributed by atoms with E-state index in [1.54, 1.807) is 0 Å². The van der Waals surface area contributed by atoms with Crippen molar-refractivity contribution in [1.82, 2.24) is 0 Å². The zero-order valence-corrected chi connectivity index (χ0v) is 10.8. The third-order valence-corrected chi connectivity index (χ3v) is 4.39. The molecular weight excluding hydrogens is 320 g/mol. The summed E-state index contributed by atoms with van der Waals surface area (Å²) in [6, 6.07) is 0. The van der Waals surface area contributed by atoms with Crippen molar-refractivity contribution >= 4 is 37.6 Å². The van der Waals surface area contributed by atoms with Crippen LogP contribution in [0.15, 0.2) is 0 Å². The summed E-state index contributed by atoms with van der Waals surface area (Å²) in [5, 5.41) is 27.4. The number of ketones is 1. The van der Waals surface area contributed by atoms with Crippen LogP contribution < -0.4 is 0 Å². The summed E-state index contributed by atoms with van der Waals surface area (Å²) in [6.45, 7) is -1.23. The number of hydrogen-bond acceptors (Lipinski definition) is 4. The second-order valence-electron chi connectivity index (χ2n) is 3.24. The molecule has 0 saturated heterocycles. The molecule has 0 aliphatic heterocycles. The summed E-state index contributed by atoms with van der Waals surface area (Å²) < 4.78 is 0. The largest absolute Gasteiger partial charge is 0.396 e. The van der Waals surface area contributed by atoms with Gasteiger partial charge in [0.2, 0.25) is 0 Å². The van der Waals surface area contributed by atoms with Gasteiger partial charge >= 0.3 is 0 Å². The standard InChI is InChI=1S/C8H14Br2O4/c9-2-6(10)7(14)1-8(3-11,4-12)5-13/h6,11-13H,1-5H2. The van der Waals surface area contributed by atoms with Crippen LogP contribution in [0, 0.1) is 5.41 Å². The molecule has 0 saturated carbocycles. The molecule has 1 unspecified atom stereocenters. The van der Waals surface area contributed by atoms with Crippen LogP contribution in [-0.4, -0.2) is 51.1 Å². The fraction of sp³-hybridized carbons (Fsp3) is 0.875. The molecule has 0 aromatic rings. The molecule has 0 aromatic carbocycles. The van der Waals surface area contributed by atoms with E-state index in [0.717, 1.165) is 0 Å². The van der Waals surface area contributed by atoms with E-state index in [-0.39, 0.29) is 17.0 Å². The first-order valence-electron chi connectivity index (χ1n) is 4.10. The van der Waals surface area contributed by atoms with E-state index >= 15 is 0 Å². The number of carbonyl (C=O) groups is 1. The van der Waals surface area contributed by atoms with Crippen LogP contribution in [0.2, 0.25) is 0 Å². The molecule has 0 spiro atoms. The Morgan fingerprint density at radius 3 is 1.93 bits per heavy atom. The van der Waals surface area contributed by atoms with Crippen LogP contribution in [0.5, 0.6) is 0 Å². The lowest BCUT2D eigenvalue weighted by Gasteiger charge is -2.27. The van der Waals surface area contributed by atoms with Crippen LogP contribution >= 0.6 is 31.9 Å². The minimum Gasteiger partial charge on any atom is -0.396 e. The fourth-order valence-electron chi connectivity index (χ4n) is 0.884.